The van der Waals surface area contributed by atoms with Gasteiger partial charge in [0, 0.05) is 63.1 Å². The van der Waals surface area contributed by atoms with E-state index in [1.807, 2.05) is 6.92 Å². The van der Waals surface area contributed by atoms with E-state index in [2.05, 4.69) is 25.7 Å². The molecule has 4 aromatic rings. The Morgan fingerprint density at radius 3 is 2.36 bits per heavy atom. The number of nitrogens with zero attached hydrogens (tertiary/aromatic N) is 7. The van der Waals surface area contributed by atoms with Gasteiger partial charge in [0.1, 0.15) is 5.60 Å². The summed E-state index contributed by atoms with van der Waals surface area (Å²) in [7, 11) is 1.45. The van der Waals surface area contributed by atoms with Gasteiger partial charge in [-0.05, 0) is 67.7 Å². The Balaban J connectivity index is 0.00000175. The summed E-state index contributed by atoms with van der Waals surface area (Å²) in [6.07, 6.45) is 2.03. The van der Waals surface area contributed by atoms with Crippen LogP contribution in [0, 0.1) is 0 Å². The maximum atomic E-state index is 14.0. The summed E-state index contributed by atoms with van der Waals surface area (Å²) in [4.78, 5) is 59.7. The fourth-order valence-corrected chi connectivity index (χ4v) is 6.44. The van der Waals surface area contributed by atoms with Gasteiger partial charge in [-0.15, -0.1) is 0 Å². The van der Waals surface area contributed by atoms with Crippen LogP contribution in [0.1, 0.15) is 57.6 Å². The lowest BCUT2D eigenvalue weighted by Crippen LogP contribution is -2.59. The lowest BCUT2D eigenvalue weighted by atomic mass is 9.90. The number of carboxylic acid groups (broad SMARTS) is 1. The van der Waals surface area contributed by atoms with E-state index < -0.39 is 23.4 Å². The van der Waals surface area contributed by atoms with Crippen LogP contribution in [0.4, 0.5) is 18.9 Å². The Kier molecular flexibility index (Phi) is 11.9. The molecule has 0 aliphatic carbocycles. The van der Waals surface area contributed by atoms with Crippen LogP contribution in [0.25, 0.3) is 11.3 Å². The molecule has 5 heterocycles. The molecule has 18 heteroatoms. The molecule has 0 unspecified atom stereocenters. The summed E-state index contributed by atoms with van der Waals surface area (Å²) in [5.41, 5.74) is -0.436. The molecule has 0 spiro atoms. The topological polar surface area (TPSA) is 188 Å². The van der Waals surface area contributed by atoms with Crippen LogP contribution in [0.2, 0.25) is 0 Å². The largest absolute Gasteiger partial charge is 0.483 e. The molecule has 53 heavy (non-hydrogen) atoms. The van der Waals surface area contributed by atoms with Crippen molar-refractivity contribution in [3.05, 3.63) is 83.3 Å². The highest BCUT2D eigenvalue weighted by molar-refractivity contribution is 6.03. The third-order valence-corrected chi connectivity index (χ3v) is 9.22. The zero-order valence-electron chi connectivity index (χ0n) is 29.1. The van der Waals surface area contributed by atoms with Crippen LogP contribution in [0.15, 0.2) is 55.1 Å². The number of rotatable bonds is 8. The van der Waals surface area contributed by atoms with E-state index in [0.29, 0.717) is 80.9 Å². The first-order valence-electron chi connectivity index (χ1n) is 16.9. The van der Waals surface area contributed by atoms with Gasteiger partial charge in [0.25, 0.3) is 24.2 Å². The number of halogens is 3. The van der Waals surface area contributed by atoms with E-state index in [-0.39, 0.29) is 41.9 Å². The molecule has 2 saturated heterocycles. The number of anilines is 1. The number of aryl methyl sites for hydroxylation is 1. The third kappa shape index (κ3) is 8.72. The molecule has 2 aliphatic heterocycles. The third-order valence-electron chi connectivity index (χ3n) is 9.22. The number of pyridine rings is 1. The van der Waals surface area contributed by atoms with Crippen LogP contribution in [-0.4, -0.2) is 113 Å². The number of piperidine rings is 1. The van der Waals surface area contributed by atoms with Crippen molar-refractivity contribution in [3.63, 3.8) is 0 Å². The van der Waals surface area contributed by atoms with Crippen molar-refractivity contribution < 1.29 is 42.6 Å². The van der Waals surface area contributed by atoms with E-state index in [9.17, 15) is 32.7 Å². The first-order valence-corrected chi connectivity index (χ1v) is 16.9. The highest BCUT2D eigenvalue weighted by Gasteiger charge is 2.41. The number of alkyl halides is 3. The maximum Gasteiger partial charge on any atom is 0.435 e. The van der Waals surface area contributed by atoms with Crippen molar-refractivity contribution in [3.8, 4) is 11.3 Å². The average molecular weight is 740 g/mol. The summed E-state index contributed by atoms with van der Waals surface area (Å²) in [5, 5.41) is 27.4. The minimum Gasteiger partial charge on any atom is -0.483 e. The number of carbonyl (C=O) groups excluding carboxylic acids is 3. The number of hydrogen-bond acceptors (Lipinski definition) is 9. The summed E-state index contributed by atoms with van der Waals surface area (Å²) in [6, 6.07) is 8.31. The molecule has 2 aliphatic rings. The maximum absolute atomic E-state index is 14.0. The van der Waals surface area contributed by atoms with Gasteiger partial charge in [-0.3, -0.25) is 28.8 Å². The highest BCUT2D eigenvalue weighted by atomic mass is 19.4. The average Bonchev–Trinajstić information content (AvgIpc) is 3.75. The van der Waals surface area contributed by atoms with Gasteiger partial charge in [-0.25, -0.2) is 4.98 Å². The molecule has 0 bridgehead atoms. The number of aliphatic hydroxyl groups is 1. The van der Waals surface area contributed by atoms with Crippen molar-refractivity contribution in [1.29, 1.82) is 0 Å². The SMILES string of the molecule is CCc1cc(NC(=O)c2ncc(-c3cn(Cc4cccnc4)nc3C(F)(F)F)n2C)ccc1C(=O)N1CCN(C(=O)C2(O)CCNCC2)CC1.O=CO. The predicted octanol–water partition coefficient (Wildman–Crippen LogP) is 2.66. The van der Waals surface area contributed by atoms with Crippen molar-refractivity contribution in [2.45, 2.75) is 44.5 Å². The van der Waals surface area contributed by atoms with E-state index in [1.165, 1.54) is 28.7 Å². The Morgan fingerprint density at radius 2 is 1.74 bits per heavy atom. The smallest absolute Gasteiger partial charge is 0.435 e. The monoisotopic (exact) mass is 739 g/mol. The second-order valence-electron chi connectivity index (χ2n) is 12.6. The van der Waals surface area contributed by atoms with Gasteiger partial charge < -0.3 is 35.2 Å². The molecular weight excluding hydrogens is 699 g/mol. The van der Waals surface area contributed by atoms with E-state index >= 15 is 0 Å². The summed E-state index contributed by atoms with van der Waals surface area (Å²) in [5.74, 6) is -1.26. The second-order valence-corrected chi connectivity index (χ2v) is 12.6. The molecule has 6 rings (SSSR count). The Hall–Kier alpha value is -5.62. The van der Waals surface area contributed by atoms with Gasteiger partial charge in [-0.2, -0.15) is 18.3 Å². The first-order chi connectivity index (χ1) is 25.3. The molecule has 0 atom stereocenters. The number of aromatic nitrogens is 5. The van der Waals surface area contributed by atoms with Crippen LogP contribution in [0.3, 0.4) is 0 Å². The zero-order chi connectivity index (χ0) is 38.3. The lowest BCUT2D eigenvalue weighted by Gasteiger charge is -2.40. The van der Waals surface area contributed by atoms with Crippen molar-refractivity contribution >= 4 is 29.9 Å². The molecule has 2 fully saturated rings. The molecule has 3 amide bonds. The van der Waals surface area contributed by atoms with Crippen molar-refractivity contribution in [1.82, 2.24) is 39.4 Å². The Bertz CT molecular complexity index is 1930. The Morgan fingerprint density at radius 1 is 1.06 bits per heavy atom. The van der Waals surface area contributed by atoms with E-state index in [4.69, 9.17) is 9.90 Å². The number of imidazole rings is 1. The summed E-state index contributed by atoms with van der Waals surface area (Å²) >= 11 is 0. The minimum absolute atomic E-state index is 0.0572. The molecule has 282 valence electrons. The second kappa shape index (κ2) is 16.4. The number of benzene rings is 1. The van der Waals surface area contributed by atoms with Gasteiger partial charge in [-0.1, -0.05) is 13.0 Å². The summed E-state index contributed by atoms with van der Waals surface area (Å²) in [6.45, 7) is 4.12. The van der Waals surface area contributed by atoms with Gasteiger partial charge in [0.2, 0.25) is 0 Å². The number of piperazine rings is 1. The first kappa shape index (κ1) is 38.6. The van der Waals surface area contributed by atoms with Crippen molar-refractivity contribution in [2.24, 2.45) is 7.05 Å². The Labute approximate surface area is 302 Å². The minimum atomic E-state index is -4.75. The van der Waals surface area contributed by atoms with Gasteiger partial charge >= 0.3 is 6.18 Å². The normalized spacial score (nSPS) is 15.7. The molecule has 3 aromatic heterocycles. The van der Waals surface area contributed by atoms with Crippen LogP contribution >= 0.6 is 0 Å². The van der Waals surface area contributed by atoms with Crippen LogP contribution < -0.4 is 10.6 Å². The quantitative estimate of drug-likeness (QED) is 0.196. The highest BCUT2D eigenvalue weighted by Crippen LogP contribution is 2.36. The molecule has 0 radical (unpaired) electrons. The van der Waals surface area contributed by atoms with Gasteiger partial charge in [0.05, 0.1) is 24.0 Å². The van der Waals surface area contributed by atoms with E-state index in [1.54, 1.807) is 52.5 Å². The van der Waals surface area contributed by atoms with Crippen LogP contribution in [0.5, 0.6) is 0 Å². The van der Waals surface area contributed by atoms with E-state index in [0.717, 1.165) is 0 Å². The number of hydrogen-bond donors (Lipinski definition) is 4. The predicted molar refractivity (Wildman–Crippen MR) is 185 cm³/mol. The standard InChI is InChI=1S/C34H38F3N9O4.CH2O2/c1-3-23-17-24(6-7-25(23)31(48)44-13-15-45(16-14-44)32(49)33(50)8-11-38-12-9-33)41-30(47)29-40-19-27(43(29)2)26-21-46(42-28(26)34(35,36)37)20-22-5-4-10-39-18-22;2-1-3/h4-7,10,17-19,21,38,50H,3,8-9,11-16,20H2,1-2H3,(H,41,47);1H,(H,2,3). The molecular formula is C35H40F3N9O6. The fraction of sp³-hybridized carbons (Fsp3) is 0.400. The fourth-order valence-electron chi connectivity index (χ4n) is 6.44. The molecule has 0 saturated carbocycles. The number of carbonyl (C=O) groups is 4. The molecule has 4 N–H and O–H groups in total. The summed E-state index contributed by atoms with van der Waals surface area (Å²) < 4.78 is 44.6. The molecule has 15 nitrogen and oxygen atoms in total. The number of amides is 3. The van der Waals surface area contributed by atoms with Gasteiger partial charge in [0.15, 0.2) is 11.5 Å². The lowest BCUT2D eigenvalue weighted by molar-refractivity contribution is -0.155. The van der Waals surface area contributed by atoms with Crippen LogP contribution in [-0.2, 0) is 35.8 Å². The van der Waals surface area contributed by atoms with Crippen molar-refractivity contribution in [2.75, 3.05) is 44.6 Å². The zero-order valence-corrected chi connectivity index (χ0v) is 29.1. The molecule has 1 aromatic carbocycles. The number of nitrogens with one attached hydrogen (secondary N) is 2.